The number of phenols is 1. The van der Waals surface area contributed by atoms with Gasteiger partial charge in [0.25, 0.3) is 5.52 Å². The minimum Gasteiger partial charge on any atom is -0.692 e. The summed E-state index contributed by atoms with van der Waals surface area (Å²) in [5.41, 5.74) is 1.12. The number of fused-ring (bicyclic) bond motifs is 1. The number of benzene rings is 2. The molecule has 0 aliphatic carbocycles. The molecule has 0 saturated carbocycles. The molecule has 0 aliphatic rings. The number of aromatic nitrogens is 3. The van der Waals surface area contributed by atoms with Crippen molar-refractivity contribution in [1.82, 2.24) is 9.90 Å². The van der Waals surface area contributed by atoms with Crippen LogP contribution in [0, 0.1) is 5.21 Å². The highest BCUT2D eigenvalue weighted by molar-refractivity contribution is 6.31. The van der Waals surface area contributed by atoms with Crippen molar-refractivity contribution in [3.8, 4) is 17.2 Å². The second kappa shape index (κ2) is 8.95. The maximum absolute atomic E-state index is 12.4. The molecule has 0 spiro atoms. The SMILES string of the molecule is CCCCCCCCOc1ccc(-n2nc3cc(Cl)ccc3[n+]2[O-])c(O)c1. The molecule has 2 aromatic carbocycles. The van der Waals surface area contributed by atoms with Crippen LogP contribution in [0.2, 0.25) is 5.02 Å². The highest BCUT2D eigenvalue weighted by Crippen LogP contribution is 2.27. The molecule has 7 heteroatoms. The summed E-state index contributed by atoms with van der Waals surface area (Å²) in [4.78, 5) is 1.73. The van der Waals surface area contributed by atoms with Crippen LogP contribution in [0.4, 0.5) is 0 Å². The number of halogens is 1. The van der Waals surface area contributed by atoms with E-state index in [1.807, 2.05) is 0 Å². The first kappa shape index (κ1) is 19.3. The van der Waals surface area contributed by atoms with Gasteiger partial charge in [-0.05, 0) is 35.5 Å². The third kappa shape index (κ3) is 4.63. The van der Waals surface area contributed by atoms with E-state index in [0.717, 1.165) is 17.6 Å². The smallest absolute Gasteiger partial charge is 0.251 e. The Morgan fingerprint density at radius 3 is 2.67 bits per heavy atom. The number of aromatic hydroxyl groups is 1. The normalized spacial score (nSPS) is 11.2. The highest BCUT2D eigenvalue weighted by Gasteiger charge is 2.19. The summed E-state index contributed by atoms with van der Waals surface area (Å²) in [6.07, 6.45) is 7.14. The van der Waals surface area contributed by atoms with Gasteiger partial charge in [-0.25, -0.2) is 0 Å². The van der Waals surface area contributed by atoms with E-state index < -0.39 is 0 Å². The van der Waals surface area contributed by atoms with Crippen LogP contribution in [0.3, 0.4) is 0 Å². The second-order valence-corrected chi connectivity index (χ2v) is 7.00. The van der Waals surface area contributed by atoms with Gasteiger partial charge in [-0.1, -0.05) is 50.6 Å². The van der Waals surface area contributed by atoms with Gasteiger partial charge in [0.15, 0.2) is 11.4 Å². The van der Waals surface area contributed by atoms with Crippen molar-refractivity contribution in [1.29, 1.82) is 0 Å². The molecule has 27 heavy (non-hydrogen) atoms. The largest absolute Gasteiger partial charge is 0.692 e. The second-order valence-electron chi connectivity index (χ2n) is 6.56. The molecule has 1 aromatic heterocycles. The summed E-state index contributed by atoms with van der Waals surface area (Å²) in [7, 11) is 0. The van der Waals surface area contributed by atoms with Gasteiger partial charge >= 0.3 is 0 Å². The number of phenolic OH excluding ortho intramolecular Hbond substituents is 1. The van der Waals surface area contributed by atoms with Crippen LogP contribution in [0.15, 0.2) is 36.4 Å². The van der Waals surface area contributed by atoms with Gasteiger partial charge in [-0.15, -0.1) is 4.85 Å². The third-order valence-electron chi connectivity index (χ3n) is 4.45. The van der Waals surface area contributed by atoms with Crippen LogP contribution in [0.25, 0.3) is 16.7 Å². The molecule has 0 saturated heterocycles. The van der Waals surface area contributed by atoms with Gasteiger partial charge in [-0.2, -0.15) is 0 Å². The van der Waals surface area contributed by atoms with Crippen molar-refractivity contribution < 1.29 is 14.7 Å². The standard InChI is InChI=1S/C20H24ClN3O3/c1-2-3-4-5-6-7-12-27-16-9-11-19(20(25)14-16)23-22-17-13-15(21)8-10-18(17)24(23)26/h8-11,13-14,25H,2-7,12H2,1H3. The Kier molecular flexibility index (Phi) is 6.40. The third-order valence-corrected chi connectivity index (χ3v) is 4.68. The van der Waals surface area contributed by atoms with Crippen molar-refractivity contribution in [3.63, 3.8) is 0 Å². The summed E-state index contributed by atoms with van der Waals surface area (Å²) < 4.78 is 5.70. The average Bonchev–Trinajstić information content (AvgIpc) is 2.96. The van der Waals surface area contributed by atoms with Crippen LogP contribution in [-0.4, -0.2) is 21.6 Å². The Morgan fingerprint density at radius 1 is 1.11 bits per heavy atom. The van der Waals surface area contributed by atoms with Crippen molar-refractivity contribution in [2.45, 2.75) is 45.4 Å². The van der Waals surface area contributed by atoms with Gasteiger partial charge in [0.05, 0.1) is 11.7 Å². The molecule has 3 aromatic rings. The van der Waals surface area contributed by atoms with E-state index in [4.69, 9.17) is 16.3 Å². The summed E-state index contributed by atoms with van der Waals surface area (Å²) >= 11 is 5.95. The summed E-state index contributed by atoms with van der Waals surface area (Å²) in [6, 6.07) is 9.69. The Hall–Kier alpha value is -2.47. The Labute approximate surface area is 163 Å². The van der Waals surface area contributed by atoms with E-state index >= 15 is 0 Å². The molecule has 6 nitrogen and oxygen atoms in total. The number of ether oxygens (including phenoxy) is 1. The van der Waals surface area contributed by atoms with Crippen molar-refractivity contribution >= 4 is 22.6 Å². The summed E-state index contributed by atoms with van der Waals surface area (Å²) in [5.74, 6) is 0.501. The molecule has 0 atom stereocenters. The Bertz CT molecular complexity index is 911. The molecule has 3 rings (SSSR count). The van der Waals surface area contributed by atoms with Gasteiger partial charge < -0.3 is 15.1 Å². The minimum absolute atomic E-state index is 0.0704. The average molecular weight is 390 g/mol. The molecule has 0 bridgehead atoms. The number of unbranched alkanes of at least 4 members (excludes halogenated alkanes) is 5. The minimum atomic E-state index is -0.0704. The lowest BCUT2D eigenvalue weighted by Gasteiger charge is -2.09. The van der Waals surface area contributed by atoms with Crippen LogP contribution in [0.5, 0.6) is 11.5 Å². The summed E-state index contributed by atoms with van der Waals surface area (Å²) in [6.45, 7) is 2.81. The number of hydrogen-bond acceptors (Lipinski definition) is 4. The van der Waals surface area contributed by atoms with Gasteiger partial charge in [0, 0.05) is 17.2 Å². The van der Waals surface area contributed by atoms with Gasteiger partial charge in [0.1, 0.15) is 5.75 Å². The molecular formula is C20H24ClN3O3. The zero-order valence-electron chi connectivity index (χ0n) is 15.4. The van der Waals surface area contributed by atoms with Crippen molar-refractivity contribution in [2.75, 3.05) is 6.61 Å². The fraction of sp³-hybridized carbons (Fsp3) is 0.400. The Morgan fingerprint density at radius 2 is 1.89 bits per heavy atom. The van der Waals surface area contributed by atoms with Crippen LogP contribution >= 0.6 is 11.6 Å². The fourth-order valence-corrected chi connectivity index (χ4v) is 3.14. The van der Waals surface area contributed by atoms with Crippen LogP contribution < -0.4 is 9.58 Å². The van der Waals surface area contributed by atoms with E-state index in [2.05, 4.69) is 12.0 Å². The first-order valence-electron chi connectivity index (χ1n) is 9.34. The van der Waals surface area contributed by atoms with Gasteiger partial charge in [-0.3, -0.25) is 0 Å². The number of nitrogens with zero attached hydrogens (tertiary/aromatic N) is 3. The molecule has 0 aliphatic heterocycles. The lowest BCUT2D eigenvalue weighted by Crippen LogP contribution is -2.37. The highest BCUT2D eigenvalue weighted by atomic mass is 35.5. The molecule has 0 amide bonds. The van der Waals surface area contributed by atoms with Crippen LogP contribution in [-0.2, 0) is 0 Å². The Balaban J connectivity index is 1.66. The molecule has 0 fully saturated rings. The number of hydrogen-bond donors (Lipinski definition) is 1. The van der Waals surface area contributed by atoms with E-state index in [-0.39, 0.29) is 11.4 Å². The molecule has 0 radical (unpaired) electrons. The topological polar surface area (TPSA) is 74.2 Å². The maximum Gasteiger partial charge on any atom is 0.251 e. The lowest BCUT2D eigenvalue weighted by atomic mass is 10.1. The van der Waals surface area contributed by atoms with E-state index in [1.54, 1.807) is 30.3 Å². The maximum atomic E-state index is 12.4. The van der Waals surface area contributed by atoms with E-state index in [1.165, 1.54) is 31.7 Å². The van der Waals surface area contributed by atoms with E-state index in [0.29, 0.717) is 33.3 Å². The first-order valence-corrected chi connectivity index (χ1v) is 9.72. The molecule has 1 N–H and O–H groups in total. The van der Waals surface area contributed by atoms with E-state index in [9.17, 15) is 10.3 Å². The molecular weight excluding hydrogens is 366 g/mol. The predicted octanol–water partition coefficient (Wildman–Crippen LogP) is 4.76. The van der Waals surface area contributed by atoms with Gasteiger partial charge in [0.2, 0.25) is 5.52 Å². The predicted molar refractivity (Wildman–Crippen MR) is 106 cm³/mol. The first-order chi connectivity index (χ1) is 13.1. The zero-order chi connectivity index (χ0) is 19.2. The zero-order valence-corrected chi connectivity index (χ0v) is 16.2. The molecule has 0 unspecified atom stereocenters. The molecule has 144 valence electrons. The quantitative estimate of drug-likeness (QED) is 0.325. The summed E-state index contributed by atoms with van der Waals surface area (Å²) in [5, 5.41) is 27.5. The van der Waals surface area contributed by atoms with Crippen LogP contribution in [0.1, 0.15) is 45.4 Å². The van der Waals surface area contributed by atoms with Crippen molar-refractivity contribution in [3.05, 3.63) is 46.6 Å². The molecule has 1 heterocycles. The lowest BCUT2D eigenvalue weighted by molar-refractivity contribution is -0.664. The number of rotatable bonds is 9. The van der Waals surface area contributed by atoms with Crippen molar-refractivity contribution in [2.24, 2.45) is 0 Å². The monoisotopic (exact) mass is 389 g/mol. The fourth-order valence-electron chi connectivity index (χ4n) is 2.97.